The molecule has 1 fully saturated rings. The number of thiazole rings is 1. The van der Waals surface area contributed by atoms with Gasteiger partial charge in [-0.05, 0) is 25.3 Å². The highest BCUT2D eigenvalue weighted by Crippen LogP contribution is 2.36. The van der Waals surface area contributed by atoms with E-state index in [9.17, 15) is 4.79 Å². The molecular weight excluding hydrogens is 472 g/mol. The van der Waals surface area contributed by atoms with Gasteiger partial charge in [0, 0.05) is 32.8 Å². The Labute approximate surface area is 206 Å². The van der Waals surface area contributed by atoms with Gasteiger partial charge in [-0.2, -0.15) is 0 Å². The fourth-order valence-electron chi connectivity index (χ4n) is 3.68. The molecule has 5 rings (SSSR count). The van der Waals surface area contributed by atoms with Gasteiger partial charge in [-0.25, -0.2) is 4.98 Å². The largest absolute Gasteiger partial charge is 0.486 e. The van der Waals surface area contributed by atoms with Crippen LogP contribution in [0.2, 0.25) is 5.02 Å². The second kappa shape index (κ2) is 11.1. The van der Waals surface area contributed by atoms with Gasteiger partial charge in [-0.3, -0.25) is 9.59 Å². The summed E-state index contributed by atoms with van der Waals surface area (Å²) in [6.45, 7) is 0.0265. The number of fused-ring (bicyclic) bond motifs is 1. The summed E-state index contributed by atoms with van der Waals surface area (Å²) in [7, 11) is 0. The summed E-state index contributed by atoms with van der Waals surface area (Å²) in [5.41, 5.74) is 2.37. The SMILES string of the molecule is O=C(NC1CCC1)c1cc(Cl)c2ccccc2c1OCc1csc(-c2ccccc2)n1.O=CO. The first-order valence-corrected chi connectivity index (χ1v) is 12.1. The summed E-state index contributed by atoms with van der Waals surface area (Å²) < 4.78 is 6.22. The molecule has 0 atom stereocenters. The Morgan fingerprint density at radius 1 is 1.15 bits per heavy atom. The molecule has 3 aromatic carbocycles. The topological polar surface area (TPSA) is 88.5 Å². The van der Waals surface area contributed by atoms with Gasteiger partial charge < -0.3 is 15.2 Å². The van der Waals surface area contributed by atoms with Crippen molar-refractivity contribution in [2.24, 2.45) is 0 Å². The molecule has 1 aliphatic rings. The number of carboxylic acid groups (broad SMARTS) is 1. The van der Waals surface area contributed by atoms with Gasteiger partial charge in [0.1, 0.15) is 17.4 Å². The van der Waals surface area contributed by atoms with Gasteiger partial charge in [-0.1, -0.05) is 66.2 Å². The van der Waals surface area contributed by atoms with Crippen molar-refractivity contribution in [2.45, 2.75) is 31.9 Å². The maximum atomic E-state index is 13.0. The van der Waals surface area contributed by atoms with E-state index < -0.39 is 0 Å². The second-order valence-corrected chi connectivity index (χ2v) is 9.05. The zero-order chi connectivity index (χ0) is 23.9. The molecule has 1 aliphatic carbocycles. The minimum absolute atomic E-state index is 0.143. The predicted molar refractivity (Wildman–Crippen MR) is 135 cm³/mol. The Hall–Kier alpha value is -3.42. The molecule has 1 heterocycles. The lowest BCUT2D eigenvalue weighted by molar-refractivity contribution is -0.122. The molecule has 0 spiro atoms. The average Bonchev–Trinajstić information content (AvgIpc) is 3.31. The van der Waals surface area contributed by atoms with Gasteiger partial charge in [0.2, 0.25) is 0 Å². The molecule has 0 radical (unpaired) electrons. The summed E-state index contributed by atoms with van der Waals surface area (Å²) in [5.74, 6) is 0.404. The minimum atomic E-state index is -0.250. The van der Waals surface area contributed by atoms with E-state index in [4.69, 9.17) is 31.2 Å². The van der Waals surface area contributed by atoms with Crippen LogP contribution in [0.15, 0.2) is 66.0 Å². The van der Waals surface area contributed by atoms with Crippen molar-refractivity contribution in [1.82, 2.24) is 10.3 Å². The predicted octanol–water partition coefficient (Wildman–Crippen LogP) is 6.18. The highest BCUT2D eigenvalue weighted by atomic mass is 35.5. The number of benzene rings is 3. The molecule has 0 saturated heterocycles. The number of amides is 1. The van der Waals surface area contributed by atoms with Crippen LogP contribution in [0.25, 0.3) is 21.3 Å². The maximum Gasteiger partial charge on any atom is 0.290 e. The highest BCUT2D eigenvalue weighted by Gasteiger charge is 2.24. The van der Waals surface area contributed by atoms with Crippen LogP contribution in [0, 0.1) is 0 Å². The third kappa shape index (κ3) is 5.38. The third-order valence-electron chi connectivity index (χ3n) is 5.57. The minimum Gasteiger partial charge on any atom is -0.486 e. The van der Waals surface area contributed by atoms with Crippen molar-refractivity contribution >= 4 is 46.1 Å². The van der Waals surface area contributed by atoms with Crippen molar-refractivity contribution in [3.05, 3.63) is 82.3 Å². The molecule has 8 heteroatoms. The van der Waals surface area contributed by atoms with Crippen LogP contribution in [0.1, 0.15) is 35.3 Å². The van der Waals surface area contributed by atoms with Gasteiger partial charge in [0.25, 0.3) is 12.4 Å². The summed E-state index contributed by atoms with van der Waals surface area (Å²) in [6, 6.07) is 19.7. The Morgan fingerprint density at radius 3 is 2.50 bits per heavy atom. The number of nitrogens with zero attached hydrogens (tertiary/aromatic N) is 1. The Morgan fingerprint density at radius 2 is 1.82 bits per heavy atom. The van der Waals surface area contributed by atoms with Crippen LogP contribution in [-0.2, 0) is 11.4 Å². The smallest absolute Gasteiger partial charge is 0.290 e. The molecule has 1 aromatic heterocycles. The highest BCUT2D eigenvalue weighted by molar-refractivity contribution is 7.13. The normalized spacial score (nSPS) is 12.9. The number of rotatable bonds is 6. The molecule has 6 nitrogen and oxygen atoms in total. The number of aromatic nitrogens is 1. The monoisotopic (exact) mass is 494 g/mol. The van der Waals surface area contributed by atoms with Gasteiger partial charge in [-0.15, -0.1) is 11.3 Å². The van der Waals surface area contributed by atoms with Gasteiger partial charge >= 0.3 is 0 Å². The van der Waals surface area contributed by atoms with Crippen molar-refractivity contribution in [3.8, 4) is 16.3 Å². The van der Waals surface area contributed by atoms with Crippen LogP contribution >= 0.6 is 22.9 Å². The second-order valence-electron chi connectivity index (χ2n) is 7.79. The molecule has 2 N–H and O–H groups in total. The number of nitrogens with one attached hydrogen (secondary N) is 1. The average molecular weight is 495 g/mol. The Bertz CT molecular complexity index is 1290. The van der Waals surface area contributed by atoms with E-state index in [-0.39, 0.29) is 25.0 Å². The molecule has 174 valence electrons. The summed E-state index contributed by atoms with van der Waals surface area (Å²) in [4.78, 5) is 26.1. The Kier molecular flexibility index (Phi) is 7.77. The number of ether oxygens (including phenoxy) is 1. The lowest BCUT2D eigenvalue weighted by Gasteiger charge is -2.27. The van der Waals surface area contributed by atoms with Crippen LogP contribution in [0.4, 0.5) is 0 Å². The zero-order valence-electron chi connectivity index (χ0n) is 18.2. The molecule has 1 saturated carbocycles. The van der Waals surface area contributed by atoms with E-state index >= 15 is 0 Å². The molecule has 0 bridgehead atoms. The van der Waals surface area contributed by atoms with Crippen molar-refractivity contribution in [1.29, 1.82) is 0 Å². The van der Waals surface area contributed by atoms with E-state index in [2.05, 4.69) is 5.32 Å². The first kappa shape index (κ1) is 23.7. The number of hydrogen-bond acceptors (Lipinski definition) is 5. The van der Waals surface area contributed by atoms with Gasteiger partial charge in [0.15, 0.2) is 0 Å². The summed E-state index contributed by atoms with van der Waals surface area (Å²) >= 11 is 8.09. The van der Waals surface area contributed by atoms with E-state index in [1.165, 1.54) is 0 Å². The summed E-state index contributed by atoms with van der Waals surface area (Å²) in [5, 5.41) is 15.2. The lowest BCUT2D eigenvalue weighted by Crippen LogP contribution is -2.39. The van der Waals surface area contributed by atoms with Crippen LogP contribution < -0.4 is 10.1 Å². The molecular formula is C26H23ClN2O4S. The summed E-state index contributed by atoms with van der Waals surface area (Å²) in [6.07, 6.45) is 3.19. The fraction of sp³-hybridized carbons (Fsp3) is 0.192. The van der Waals surface area contributed by atoms with E-state index in [0.29, 0.717) is 16.3 Å². The van der Waals surface area contributed by atoms with Crippen LogP contribution in [0.5, 0.6) is 5.75 Å². The first-order valence-electron chi connectivity index (χ1n) is 10.8. The van der Waals surface area contributed by atoms with Crippen LogP contribution in [0.3, 0.4) is 0 Å². The Balaban J connectivity index is 0.000000868. The maximum absolute atomic E-state index is 13.0. The number of carbonyl (C=O) groups is 2. The van der Waals surface area contributed by atoms with Crippen molar-refractivity contribution < 1.29 is 19.4 Å². The van der Waals surface area contributed by atoms with E-state index in [0.717, 1.165) is 46.3 Å². The van der Waals surface area contributed by atoms with Crippen molar-refractivity contribution in [3.63, 3.8) is 0 Å². The third-order valence-corrected chi connectivity index (χ3v) is 6.82. The molecule has 1 amide bonds. The van der Waals surface area contributed by atoms with Crippen molar-refractivity contribution in [2.75, 3.05) is 0 Å². The molecule has 0 unspecified atom stereocenters. The molecule has 4 aromatic rings. The number of hydrogen-bond donors (Lipinski definition) is 2. The van der Waals surface area contributed by atoms with E-state index in [1.54, 1.807) is 17.4 Å². The quantitative estimate of drug-likeness (QED) is 0.312. The fourth-order valence-corrected chi connectivity index (χ4v) is 4.76. The number of carbonyl (C=O) groups excluding carboxylic acids is 1. The number of halogens is 1. The van der Waals surface area contributed by atoms with Gasteiger partial charge in [0.05, 0.1) is 11.3 Å². The van der Waals surface area contributed by atoms with Crippen LogP contribution in [-0.4, -0.2) is 28.5 Å². The van der Waals surface area contributed by atoms with E-state index in [1.807, 2.05) is 60.0 Å². The lowest BCUT2D eigenvalue weighted by atomic mass is 9.92. The molecule has 0 aliphatic heterocycles. The molecule has 34 heavy (non-hydrogen) atoms. The standard InChI is InChI=1S/C25H21ClN2O2S.CH2O2/c26-22-13-21(24(29)27-17-9-6-10-17)23(20-12-5-4-11-19(20)22)30-14-18-15-31-25(28-18)16-7-2-1-3-8-16;2-1-3/h1-5,7-8,11-13,15,17H,6,9-10,14H2,(H,27,29);1H,(H,2,3). The zero-order valence-corrected chi connectivity index (χ0v) is 19.8. The first-order chi connectivity index (χ1) is 16.6.